The van der Waals surface area contributed by atoms with E-state index in [4.69, 9.17) is 9.47 Å². The van der Waals surface area contributed by atoms with Crippen molar-refractivity contribution in [2.24, 2.45) is 0 Å². The molecule has 1 aromatic heterocycles. The number of fused-ring (bicyclic) bond motifs is 3. The lowest BCUT2D eigenvalue weighted by atomic mass is 10.0. The van der Waals surface area contributed by atoms with Crippen molar-refractivity contribution in [1.82, 2.24) is 4.57 Å². The van der Waals surface area contributed by atoms with Gasteiger partial charge in [-0.05, 0) is 31.2 Å². The van der Waals surface area contributed by atoms with Crippen LogP contribution in [0.3, 0.4) is 0 Å². The number of carbonyl (C=O) groups excluding carboxylic acids is 1. The summed E-state index contributed by atoms with van der Waals surface area (Å²) < 4.78 is 12.9. The van der Waals surface area contributed by atoms with Crippen LogP contribution >= 0.6 is 0 Å². The van der Waals surface area contributed by atoms with Crippen molar-refractivity contribution >= 4 is 5.97 Å². The van der Waals surface area contributed by atoms with Gasteiger partial charge in [0.05, 0.1) is 12.8 Å². The molecule has 0 aliphatic carbocycles. The van der Waals surface area contributed by atoms with Crippen molar-refractivity contribution < 1.29 is 14.3 Å². The summed E-state index contributed by atoms with van der Waals surface area (Å²) in [5.41, 5.74) is 0.963. The van der Waals surface area contributed by atoms with E-state index in [0.29, 0.717) is 12.2 Å². The van der Waals surface area contributed by atoms with Crippen LogP contribution in [0.4, 0.5) is 0 Å². The molecule has 1 aliphatic rings. The fourth-order valence-corrected chi connectivity index (χ4v) is 2.49. The third kappa shape index (κ3) is 1.80. The third-order valence-electron chi connectivity index (χ3n) is 3.43. The molecule has 0 amide bonds. The third-order valence-corrected chi connectivity index (χ3v) is 3.43. The molecule has 1 aromatic carbocycles. The minimum atomic E-state index is -1.00. The molecular formula is C15H15NO3. The predicted octanol–water partition coefficient (Wildman–Crippen LogP) is 2.34. The van der Waals surface area contributed by atoms with Crippen molar-refractivity contribution in [3.63, 3.8) is 0 Å². The van der Waals surface area contributed by atoms with E-state index in [1.54, 1.807) is 6.92 Å². The summed E-state index contributed by atoms with van der Waals surface area (Å²) in [6.45, 7) is 1.76. The lowest BCUT2D eigenvalue weighted by molar-refractivity contribution is -0.157. The molecule has 3 rings (SSSR count). The average molecular weight is 257 g/mol. The Morgan fingerprint density at radius 2 is 2.11 bits per heavy atom. The summed E-state index contributed by atoms with van der Waals surface area (Å²) in [4.78, 5) is 12.0. The van der Waals surface area contributed by atoms with Gasteiger partial charge in [0.1, 0.15) is 5.75 Å². The number of rotatable bonds is 1. The van der Waals surface area contributed by atoms with Gasteiger partial charge in [-0.25, -0.2) is 4.79 Å². The van der Waals surface area contributed by atoms with Crippen LogP contribution in [0, 0.1) is 0 Å². The zero-order valence-electron chi connectivity index (χ0n) is 10.9. The highest BCUT2D eigenvalue weighted by Gasteiger charge is 2.40. The second-order valence-electron chi connectivity index (χ2n) is 4.84. The van der Waals surface area contributed by atoms with Gasteiger partial charge in [-0.15, -0.1) is 0 Å². The smallest absolute Gasteiger partial charge is 0.350 e. The first kappa shape index (κ1) is 11.8. The zero-order chi connectivity index (χ0) is 13.5. The molecule has 0 bridgehead atoms. The fourth-order valence-electron chi connectivity index (χ4n) is 2.49. The summed E-state index contributed by atoms with van der Waals surface area (Å²) >= 11 is 0. The van der Waals surface area contributed by atoms with Crippen molar-refractivity contribution in [2.45, 2.75) is 18.9 Å². The first-order valence-electron chi connectivity index (χ1n) is 6.17. The van der Waals surface area contributed by atoms with Gasteiger partial charge in [-0.3, -0.25) is 0 Å². The number of nitrogens with zero attached hydrogens (tertiary/aromatic N) is 1. The molecule has 19 heavy (non-hydrogen) atoms. The quantitative estimate of drug-likeness (QED) is 0.736. The summed E-state index contributed by atoms with van der Waals surface area (Å²) in [7, 11) is 1.38. The number of methoxy groups -OCH3 is 1. The number of benzene rings is 1. The van der Waals surface area contributed by atoms with E-state index in [-0.39, 0.29) is 5.97 Å². The van der Waals surface area contributed by atoms with Crippen LogP contribution in [-0.2, 0) is 16.0 Å². The van der Waals surface area contributed by atoms with Gasteiger partial charge in [0, 0.05) is 18.3 Å². The van der Waals surface area contributed by atoms with Crippen LogP contribution in [0.25, 0.3) is 5.69 Å². The Morgan fingerprint density at radius 3 is 2.89 bits per heavy atom. The maximum Gasteiger partial charge on any atom is 0.350 e. The van der Waals surface area contributed by atoms with Gasteiger partial charge < -0.3 is 14.0 Å². The molecule has 1 unspecified atom stereocenters. The average Bonchev–Trinajstić information content (AvgIpc) is 2.81. The Kier molecular flexibility index (Phi) is 2.59. The summed E-state index contributed by atoms with van der Waals surface area (Å²) in [5.74, 6) is 0.322. The highest BCUT2D eigenvalue weighted by Crippen LogP contribution is 2.34. The van der Waals surface area contributed by atoms with Gasteiger partial charge in [0.15, 0.2) is 0 Å². The lowest BCUT2D eigenvalue weighted by Crippen LogP contribution is -2.44. The molecule has 4 nitrogen and oxygen atoms in total. The molecule has 1 atom stereocenters. The van der Waals surface area contributed by atoms with Crippen LogP contribution in [0.1, 0.15) is 12.6 Å². The zero-order valence-corrected chi connectivity index (χ0v) is 10.9. The Labute approximate surface area is 111 Å². The molecule has 0 N–H and O–H groups in total. The SMILES string of the molecule is COC(=O)C1(C)Cc2cccn2-c2ccccc2O1. The maximum atomic E-state index is 12.0. The Hall–Kier alpha value is -2.23. The number of hydrogen-bond acceptors (Lipinski definition) is 3. The molecular weight excluding hydrogens is 242 g/mol. The highest BCUT2D eigenvalue weighted by molar-refractivity contribution is 5.80. The lowest BCUT2D eigenvalue weighted by Gasteiger charge is -2.26. The molecule has 2 heterocycles. The van der Waals surface area contributed by atoms with Crippen molar-refractivity contribution in [3.05, 3.63) is 48.3 Å². The van der Waals surface area contributed by atoms with Crippen LogP contribution in [-0.4, -0.2) is 23.2 Å². The molecule has 0 radical (unpaired) electrons. The van der Waals surface area contributed by atoms with Crippen LogP contribution < -0.4 is 4.74 Å². The normalized spacial score (nSPS) is 20.7. The molecule has 2 aromatic rings. The number of carbonyl (C=O) groups is 1. The Morgan fingerprint density at radius 1 is 1.32 bits per heavy atom. The second-order valence-corrected chi connectivity index (χ2v) is 4.84. The van der Waals surface area contributed by atoms with Gasteiger partial charge in [0.2, 0.25) is 5.60 Å². The van der Waals surface area contributed by atoms with Crippen molar-refractivity contribution in [2.75, 3.05) is 7.11 Å². The maximum absolute atomic E-state index is 12.0. The number of para-hydroxylation sites is 2. The van der Waals surface area contributed by atoms with E-state index in [1.165, 1.54) is 7.11 Å². The molecule has 1 aliphatic heterocycles. The van der Waals surface area contributed by atoms with Gasteiger partial charge in [-0.1, -0.05) is 12.1 Å². The fraction of sp³-hybridized carbons (Fsp3) is 0.267. The van der Waals surface area contributed by atoms with Crippen molar-refractivity contribution in [1.29, 1.82) is 0 Å². The number of hydrogen-bond donors (Lipinski definition) is 0. The van der Waals surface area contributed by atoms with Gasteiger partial charge in [-0.2, -0.15) is 0 Å². The molecule has 0 fully saturated rings. The minimum absolute atomic E-state index is 0.364. The van der Waals surface area contributed by atoms with E-state index in [9.17, 15) is 4.79 Å². The monoisotopic (exact) mass is 257 g/mol. The first-order chi connectivity index (χ1) is 9.14. The van der Waals surface area contributed by atoms with E-state index < -0.39 is 5.60 Å². The second kappa shape index (κ2) is 4.16. The van der Waals surface area contributed by atoms with Gasteiger partial charge >= 0.3 is 5.97 Å². The number of esters is 1. The standard InChI is InChI=1S/C15H15NO3/c1-15(14(17)18-2)10-11-6-5-9-16(11)12-7-3-4-8-13(12)19-15/h3-9H,10H2,1-2H3. The van der Waals surface area contributed by atoms with E-state index >= 15 is 0 Å². The van der Waals surface area contributed by atoms with E-state index in [1.807, 2.05) is 47.2 Å². The van der Waals surface area contributed by atoms with Crippen LogP contribution in [0.2, 0.25) is 0 Å². The highest BCUT2D eigenvalue weighted by atomic mass is 16.6. The van der Waals surface area contributed by atoms with E-state index in [0.717, 1.165) is 11.4 Å². The number of aromatic nitrogens is 1. The largest absolute Gasteiger partial charge is 0.473 e. The molecule has 0 spiro atoms. The van der Waals surface area contributed by atoms with Crippen LogP contribution in [0.5, 0.6) is 5.75 Å². The van der Waals surface area contributed by atoms with Crippen LogP contribution in [0.15, 0.2) is 42.6 Å². The topological polar surface area (TPSA) is 40.5 Å². The first-order valence-corrected chi connectivity index (χ1v) is 6.17. The predicted molar refractivity (Wildman–Crippen MR) is 70.5 cm³/mol. The molecule has 0 saturated heterocycles. The summed E-state index contributed by atoms with van der Waals surface area (Å²) in [6, 6.07) is 11.6. The Balaban J connectivity index is 2.19. The van der Waals surface area contributed by atoms with E-state index in [2.05, 4.69) is 0 Å². The molecule has 98 valence electrons. The Bertz CT molecular complexity index is 632. The summed E-state index contributed by atoms with van der Waals surface area (Å²) in [5, 5.41) is 0. The molecule has 0 saturated carbocycles. The van der Waals surface area contributed by atoms with Gasteiger partial charge in [0.25, 0.3) is 0 Å². The summed E-state index contributed by atoms with van der Waals surface area (Å²) in [6.07, 6.45) is 2.45. The van der Waals surface area contributed by atoms with Crippen molar-refractivity contribution in [3.8, 4) is 11.4 Å². The minimum Gasteiger partial charge on any atom is -0.473 e. The molecule has 4 heteroatoms. The number of ether oxygens (including phenoxy) is 2.